The SMILES string of the molecule is Cc1ccnc(NC(=O)c2ccc(S(=O)(=O)N(C)C3CCCCC3)cc2)c1. The molecular formula is C20H25N3O3S. The van der Waals surface area contributed by atoms with E-state index in [1.807, 2.05) is 13.0 Å². The average Bonchev–Trinajstić information content (AvgIpc) is 2.68. The number of benzene rings is 1. The van der Waals surface area contributed by atoms with Gasteiger partial charge >= 0.3 is 0 Å². The molecule has 1 saturated carbocycles. The number of hydrogen-bond acceptors (Lipinski definition) is 4. The molecular weight excluding hydrogens is 362 g/mol. The number of amides is 1. The van der Waals surface area contributed by atoms with Crippen LogP contribution in [0, 0.1) is 6.92 Å². The van der Waals surface area contributed by atoms with Crippen molar-refractivity contribution < 1.29 is 13.2 Å². The zero-order chi connectivity index (χ0) is 19.4. The molecule has 1 aromatic heterocycles. The topological polar surface area (TPSA) is 79.4 Å². The number of hydrogen-bond donors (Lipinski definition) is 1. The number of carbonyl (C=O) groups excluding carboxylic acids is 1. The summed E-state index contributed by atoms with van der Waals surface area (Å²) in [6, 6.07) is 9.73. The molecule has 1 aliphatic rings. The van der Waals surface area contributed by atoms with E-state index in [0.717, 1.165) is 31.2 Å². The van der Waals surface area contributed by atoms with E-state index in [1.165, 1.54) is 35.0 Å². The maximum atomic E-state index is 12.9. The van der Waals surface area contributed by atoms with Crippen LogP contribution in [0.1, 0.15) is 48.0 Å². The third-order valence-corrected chi connectivity index (χ3v) is 6.96. The third kappa shape index (κ3) is 4.54. The Morgan fingerprint density at radius 1 is 1.11 bits per heavy atom. The summed E-state index contributed by atoms with van der Waals surface area (Å²) >= 11 is 0. The van der Waals surface area contributed by atoms with E-state index in [2.05, 4.69) is 10.3 Å². The lowest BCUT2D eigenvalue weighted by Crippen LogP contribution is -2.38. The fourth-order valence-electron chi connectivity index (χ4n) is 3.38. The second kappa shape index (κ2) is 8.19. The van der Waals surface area contributed by atoms with E-state index in [-0.39, 0.29) is 16.8 Å². The van der Waals surface area contributed by atoms with Crippen molar-refractivity contribution in [2.24, 2.45) is 0 Å². The number of rotatable bonds is 5. The molecule has 0 bridgehead atoms. The predicted octanol–water partition coefficient (Wildman–Crippen LogP) is 3.60. The molecule has 1 heterocycles. The maximum Gasteiger partial charge on any atom is 0.256 e. The lowest BCUT2D eigenvalue weighted by molar-refractivity contribution is 0.102. The molecule has 0 radical (unpaired) electrons. The van der Waals surface area contributed by atoms with Crippen molar-refractivity contribution in [1.29, 1.82) is 0 Å². The molecule has 0 aliphatic heterocycles. The number of aryl methyl sites for hydroxylation is 1. The van der Waals surface area contributed by atoms with Gasteiger partial charge in [-0.2, -0.15) is 4.31 Å². The second-order valence-corrected chi connectivity index (χ2v) is 9.01. The van der Waals surface area contributed by atoms with Gasteiger partial charge in [-0.15, -0.1) is 0 Å². The van der Waals surface area contributed by atoms with E-state index < -0.39 is 10.0 Å². The maximum absolute atomic E-state index is 12.9. The Morgan fingerprint density at radius 2 is 1.78 bits per heavy atom. The van der Waals surface area contributed by atoms with Crippen molar-refractivity contribution in [3.8, 4) is 0 Å². The summed E-state index contributed by atoms with van der Waals surface area (Å²) < 4.78 is 27.2. The minimum atomic E-state index is -3.56. The fourth-order valence-corrected chi connectivity index (χ4v) is 4.79. The Hall–Kier alpha value is -2.25. The summed E-state index contributed by atoms with van der Waals surface area (Å²) in [6.45, 7) is 1.92. The zero-order valence-corrected chi connectivity index (χ0v) is 16.5. The highest BCUT2D eigenvalue weighted by Gasteiger charge is 2.29. The van der Waals surface area contributed by atoms with Gasteiger partial charge in [-0.3, -0.25) is 4.79 Å². The minimum Gasteiger partial charge on any atom is -0.307 e. The van der Waals surface area contributed by atoms with Gasteiger partial charge < -0.3 is 5.32 Å². The molecule has 1 fully saturated rings. The van der Waals surface area contributed by atoms with Crippen molar-refractivity contribution >= 4 is 21.7 Å². The predicted molar refractivity (Wildman–Crippen MR) is 105 cm³/mol. The van der Waals surface area contributed by atoms with Crippen molar-refractivity contribution in [3.63, 3.8) is 0 Å². The van der Waals surface area contributed by atoms with Gasteiger partial charge in [-0.1, -0.05) is 19.3 Å². The van der Waals surface area contributed by atoms with Gasteiger partial charge in [0.1, 0.15) is 5.82 Å². The summed E-state index contributed by atoms with van der Waals surface area (Å²) in [6.07, 6.45) is 6.73. The van der Waals surface area contributed by atoms with Gasteiger partial charge in [0.15, 0.2) is 0 Å². The first-order valence-corrected chi connectivity index (χ1v) is 10.6. The Kier molecular flexibility index (Phi) is 5.92. The number of sulfonamides is 1. The molecule has 7 heteroatoms. The number of nitrogens with one attached hydrogen (secondary N) is 1. The van der Waals surface area contributed by atoms with E-state index in [4.69, 9.17) is 0 Å². The van der Waals surface area contributed by atoms with Crippen LogP contribution in [0.2, 0.25) is 0 Å². The van der Waals surface area contributed by atoms with Crippen LogP contribution in [0.5, 0.6) is 0 Å². The van der Waals surface area contributed by atoms with Gasteiger partial charge in [0, 0.05) is 24.8 Å². The first kappa shape index (κ1) is 19.5. The second-order valence-electron chi connectivity index (χ2n) is 7.01. The molecule has 1 amide bonds. The Labute approximate surface area is 160 Å². The lowest BCUT2D eigenvalue weighted by atomic mass is 9.96. The van der Waals surface area contributed by atoms with Crippen molar-refractivity contribution in [2.75, 3.05) is 12.4 Å². The van der Waals surface area contributed by atoms with Crippen LogP contribution < -0.4 is 5.32 Å². The Balaban J connectivity index is 1.73. The number of aromatic nitrogens is 1. The van der Waals surface area contributed by atoms with Crippen molar-refractivity contribution in [1.82, 2.24) is 9.29 Å². The largest absolute Gasteiger partial charge is 0.307 e. The van der Waals surface area contributed by atoms with Crippen molar-refractivity contribution in [3.05, 3.63) is 53.7 Å². The molecule has 144 valence electrons. The van der Waals surface area contributed by atoms with Crippen LogP contribution in [0.3, 0.4) is 0 Å². The van der Waals surface area contributed by atoms with Gasteiger partial charge in [0.05, 0.1) is 4.90 Å². The van der Waals surface area contributed by atoms with Crippen LogP contribution in [-0.2, 0) is 10.0 Å². The minimum absolute atomic E-state index is 0.0547. The number of carbonyl (C=O) groups is 1. The summed E-state index contributed by atoms with van der Waals surface area (Å²) in [4.78, 5) is 16.7. The zero-order valence-electron chi connectivity index (χ0n) is 15.7. The Morgan fingerprint density at radius 3 is 2.41 bits per heavy atom. The van der Waals surface area contributed by atoms with E-state index in [9.17, 15) is 13.2 Å². The first-order valence-electron chi connectivity index (χ1n) is 9.20. The van der Waals surface area contributed by atoms with E-state index >= 15 is 0 Å². The third-order valence-electron chi connectivity index (χ3n) is 5.04. The molecule has 2 aromatic rings. The summed E-state index contributed by atoms with van der Waals surface area (Å²) in [5.41, 5.74) is 1.38. The van der Waals surface area contributed by atoms with Gasteiger partial charge in [0.25, 0.3) is 5.91 Å². The smallest absolute Gasteiger partial charge is 0.256 e. The summed E-state index contributed by atoms with van der Waals surface area (Å²) in [7, 11) is -1.91. The molecule has 3 rings (SSSR count). The van der Waals surface area contributed by atoms with E-state index in [0.29, 0.717) is 11.4 Å². The van der Waals surface area contributed by atoms with Gasteiger partial charge in [-0.05, 0) is 61.7 Å². The fraction of sp³-hybridized carbons (Fsp3) is 0.400. The molecule has 0 atom stereocenters. The van der Waals surface area contributed by atoms with Crippen LogP contribution in [0.25, 0.3) is 0 Å². The molecule has 1 aromatic carbocycles. The first-order chi connectivity index (χ1) is 12.9. The molecule has 0 saturated heterocycles. The molecule has 1 aliphatic carbocycles. The molecule has 27 heavy (non-hydrogen) atoms. The van der Waals surface area contributed by atoms with Crippen LogP contribution in [0.4, 0.5) is 5.82 Å². The molecule has 0 unspecified atom stereocenters. The molecule has 0 spiro atoms. The monoisotopic (exact) mass is 387 g/mol. The summed E-state index contributed by atoms with van der Waals surface area (Å²) in [5, 5.41) is 2.72. The highest BCUT2D eigenvalue weighted by atomic mass is 32.2. The standard InChI is InChI=1S/C20H25N3O3S/c1-15-12-13-21-19(14-15)22-20(24)16-8-10-18(11-9-16)27(25,26)23(2)17-6-4-3-5-7-17/h8-14,17H,3-7H2,1-2H3,(H,21,22,24). The lowest BCUT2D eigenvalue weighted by Gasteiger charge is -2.30. The number of anilines is 1. The average molecular weight is 388 g/mol. The highest BCUT2D eigenvalue weighted by molar-refractivity contribution is 7.89. The van der Waals surface area contributed by atoms with Crippen LogP contribution >= 0.6 is 0 Å². The van der Waals surface area contributed by atoms with Gasteiger partial charge in [0.2, 0.25) is 10.0 Å². The molecule has 6 nitrogen and oxygen atoms in total. The number of pyridine rings is 1. The number of nitrogens with zero attached hydrogens (tertiary/aromatic N) is 2. The Bertz CT molecular complexity index is 904. The van der Waals surface area contributed by atoms with Crippen LogP contribution in [0.15, 0.2) is 47.5 Å². The summed E-state index contributed by atoms with van der Waals surface area (Å²) in [5.74, 6) is 0.145. The molecule has 1 N–H and O–H groups in total. The highest BCUT2D eigenvalue weighted by Crippen LogP contribution is 2.26. The quantitative estimate of drug-likeness (QED) is 0.850. The van der Waals surface area contributed by atoms with Crippen molar-refractivity contribution in [2.45, 2.75) is 50.0 Å². The van der Waals surface area contributed by atoms with Gasteiger partial charge in [-0.25, -0.2) is 13.4 Å². The van der Waals surface area contributed by atoms with Crippen LogP contribution in [-0.4, -0.2) is 36.7 Å². The normalized spacial score (nSPS) is 15.7. The van der Waals surface area contributed by atoms with E-state index in [1.54, 1.807) is 19.3 Å².